The molecule has 0 amide bonds. The maximum atomic E-state index is 4.75. The topological polar surface area (TPSA) is 61.3 Å². The molecule has 1 aromatic heterocycles. The van der Waals surface area contributed by atoms with E-state index in [-0.39, 0.29) is 0 Å². The molecule has 6 heteroatoms. The lowest BCUT2D eigenvalue weighted by molar-refractivity contribution is 0.590. The summed E-state index contributed by atoms with van der Waals surface area (Å²) in [4.78, 5) is 8.93. The Hall–Kier alpha value is -1.92. The van der Waals surface area contributed by atoms with Gasteiger partial charge in [-0.2, -0.15) is 0 Å². The van der Waals surface area contributed by atoms with E-state index in [1.54, 1.807) is 18.4 Å². The summed E-state index contributed by atoms with van der Waals surface area (Å²) in [7, 11) is 3.80. The Bertz CT molecular complexity index is 707. The fourth-order valence-corrected chi connectivity index (χ4v) is 3.81. The number of benzene rings is 1. The average molecular weight is 329 g/mol. The number of guanidine groups is 1. The number of aromatic nitrogens is 1. The molecule has 122 valence electrons. The highest BCUT2D eigenvalue weighted by Crippen LogP contribution is 2.38. The van der Waals surface area contributed by atoms with Crippen molar-refractivity contribution in [3.8, 4) is 11.3 Å². The molecule has 1 atom stereocenters. The largest absolute Gasteiger partial charge is 0.356 e. The van der Waals surface area contributed by atoms with Crippen LogP contribution in [-0.2, 0) is 6.42 Å². The van der Waals surface area contributed by atoms with Gasteiger partial charge in [0, 0.05) is 30.6 Å². The van der Waals surface area contributed by atoms with E-state index in [2.05, 4.69) is 44.5 Å². The van der Waals surface area contributed by atoms with Gasteiger partial charge >= 0.3 is 0 Å². The molecule has 0 aliphatic heterocycles. The molecule has 3 rings (SSSR count). The summed E-state index contributed by atoms with van der Waals surface area (Å²) in [6.45, 7) is 2.88. The molecule has 0 radical (unpaired) electrons. The second-order valence-corrected chi connectivity index (χ2v) is 6.38. The van der Waals surface area contributed by atoms with E-state index in [4.69, 9.17) is 4.98 Å². The van der Waals surface area contributed by atoms with Gasteiger partial charge in [0.05, 0.1) is 5.69 Å². The van der Waals surface area contributed by atoms with E-state index in [0.29, 0.717) is 6.04 Å². The lowest BCUT2D eigenvalue weighted by Crippen LogP contribution is -2.30. The summed E-state index contributed by atoms with van der Waals surface area (Å²) in [5.74, 6) is 0.752. The van der Waals surface area contributed by atoms with E-state index in [1.165, 1.54) is 16.7 Å². The zero-order valence-corrected chi connectivity index (χ0v) is 14.6. The molecule has 0 spiro atoms. The highest BCUT2D eigenvalue weighted by atomic mass is 32.1. The van der Waals surface area contributed by atoms with E-state index >= 15 is 0 Å². The Kier molecular flexibility index (Phi) is 4.93. The standard InChI is InChI=1S/C17H23N5S/c1-4-20-16(19-3)22-17-21-15(10-23-17)13-7-5-6-12-11(13)8-9-14(12)18-2/h5-7,10,14,18H,4,8-9H2,1-3H3,(H2,19,20,21,22). The first-order chi connectivity index (χ1) is 11.3. The lowest BCUT2D eigenvalue weighted by Gasteiger charge is -2.11. The monoisotopic (exact) mass is 329 g/mol. The van der Waals surface area contributed by atoms with Crippen LogP contribution in [0.25, 0.3) is 11.3 Å². The maximum Gasteiger partial charge on any atom is 0.197 e. The van der Waals surface area contributed by atoms with Crippen LogP contribution < -0.4 is 16.0 Å². The van der Waals surface area contributed by atoms with Crippen LogP contribution in [0.2, 0.25) is 0 Å². The Morgan fingerprint density at radius 1 is 1.43 bits per heavy atom. The van der Waals surface area contributed by atoms with Crippen LogP contribution >= 0.6 is 11.3 Å². The van der Waals surface area contributed by atoms with E-state index in [0.717, 1.165) is 36.2 Å². The van der Waals surface area contributed by atoms with Gasteiger partial charge in [0.2, 0.25) is 0 Å². The Morgan fingerprint density at radius 2 is 2.30 bits per heavy atom. The van der Waals surface area contributed by atoms with Crippen molar-refractivity contribution in [1.82, 2.24) is 15.6 Å². The Labute approximate surface area is 141 Å². The predicted octanol–water partition coefficient (Wildman–Crippen LogP) is 3.02. The van der Waals surface area contributed by atoms with Gasteiger partial charge in [0.25, 0.3) is 0 Å². The molecule has 1 heterocycles. The minimum atomic E-state index is 0.466. The third kappa shape index (κ3) is 3.23. The summed E-state index contributed by atoms with van der Waals surface area (Å²) in [6.07, 6.45) is 2.27. The van der Waals surface area contributed by atoms with E-state index in [9.17, 15) is 0 Å². The van der Waals surface area contributed by atoms with Crippen LogP contribution in [0.15, 0.2) is 28.6 Å². The van der Waals surface area contributed by atoms with Crippen molar-refractivity contribution >= 4 is 22.4 Å². The molecule has 1 unspecified atom stereocenters. The number of nitrogens with one attached hydrogen (secondary N) is 3. The van der Waals surface area contributed by atoms with Crippen molar-refractivity contribution in [1.29, 1.82) is 0 Å². The SMILES string of the molecule is CCNC(=NC)Nc1nc(-c2cccc3c2CCC3NC)cs1. The van der Waals surface area contributed by atoms with E-state index < -0.39 is 0 Å². The zero-order chi connectivity index (χ0) is 16.2. The Morgan fingerprint density at radius 3 is 3.04 bits per heavy atom. The smallest absolute Gasteiger partial charge is 0.197 e. The molecular weight excluding hydrogens is 306 g/mol. The quantitative estimate of drug-likeness (QED) is 0.596. The van der Waals surface area contributed by atoms with Crippen LogP contribution in [0.5, 0.6) is 0 Å². The molecule has 0 saturated heterocycles. The minimum absolute atomic E-state index is 0.466. The molecule has 5 nitrogen and oxygen atoms in total. The van der Waals surface area contributed by atoms with Crippen molar-refractivity contribution < 1.29 is 0 Å². The maximum absolute atomic E-state index is 4.75. The first-order valence-corrected chi connectivity index (χ1v) is 8.87. The number of nitrogens with zero attached hydrogens (tertiary/aromatic N) is 2. The van der Waals surface area contributed by atoms with Crippen LogP contribution in [0, 0.1) is 0 Å². The number of fused-ring (bicyclic) bond motifs is 1. The number of hydrogen-bond acceptors (Lipinski definition) is 4. The summed E-state index contributed by atoms with van der Waals surface area (Å²) < 4.78 is 0. The number of aliphatic imine (C=N–C) groups is 1. The van der Waals surface area contributed by atoms with Crippen LogP contribution in [0.4, 0.5) is 5.13 Å². The van der Waals surface area contributed by atoms with Crippen LogP contribution in [-0.4, -0.2) is 31.6 Å². The first-order valence-electron chi connectivity index (χ1n) is 7.99. The summed E-state index contributed by atoms with van der Waals surface area (Å²) in [6, 6.07) is 7.00. The molecule has 0 saturated carbocycles. The van der Waals surface area contributed by atoms with Gasteiger partial charge in [-0.05, 0) is 37.9 Å². The molecule has 1 aromatic carbocycles. The number of hydrogen-bond donors (Lipinski definition) is 3. The van der Waals surface area contributed by atoms with Gasteiger partial charge in [-0.3, -0.25) is 4.99 Å². The highest BCUT2D eigenvalue weighted by molar-refractivity contribution is 7.14. The summed E-state index contributed by atoms with van der Waals surface area (Å²) in [5, 5.41) is 12.8. The summed E-state index contributed by atoms with van der Waals surface area (Å²) in [5.41, 5.74) is 5.14. The molecule has 2 aromatic rings. The number of rotatable bonds is 4. The molecule has 23 heavy (non-hydrogen) atoms. The van der Waals surface area contributed by atoms with Crippen molar-refractivity contribution in [3.05, 3.63) is 34.7 Å². The fraction of sp³-hybridized carbons (Fsp3) is 0.412. The molecule has 1 aliphatic carbocycles. The van der Waals surface area contributed by atoms with Gasteiger partial charge in [-0.1, -0.05) is 18.2 Å². The van der Waals surface area contributed by atoms with Crippen molar-refractivity contribution in [2.24, 2.45) is 4.99 Å². The fourth-order valence-electron chi connectivity index (χ4n) is 3.10. The Balaban J connectivity index is 1.86. The predicted molar refractivity (Wildman–Crippen MR) is 98.3 cm³/mol. The second-order valence-electron chi connectivity index (χ2n) is 5.52. The van der Waals surface area contributed by atoms with Crippen LogP contribution in [0.1, 0.15) is 30.5 Å². The van der Waals surface area contributed by atoms with Gasteiger partial charge in [-0.15, -0.1) is 11.3 Å². The number of anilines is 1. The third-order valence-corrected chi connectivity index (χ3v) is 4.95. The lowest BCUT2D eigenvalue weighted by atomic mass is 10.0. The summed E-state index contributed by atoms with van der Waals surface area (Å²) >= 11 is 1.61. The highest BCUT2D eigenvalue weighted by Gasteiger charge is 2.24. The normalized spacial score (nSPS) is 17.2. The molecule has 1 aliphatic rings. The van der Waals surface area contributed by atoms with Crippen molar-refractivity contribution in [2.75, 3.05) is 26.0 Å². The molecular formula is C17H23N5S. The third-order valence-electron chi connectivity index (χ3n) is 4.19. The average Bonchev–Trinajstić information content (AvgIpc) is 3.20. The molecule has 0 bridgehead atoms. The van der Waals surface area contributed by atoms with Gasteiger partial charge < -0.3 is 16.0 Å². The molecule has 0 fully saturated rings. The van der Waals surface area contributed by atoms with Crippen LogP contribution in [0.3, 0.4) is 0 Å². The first kappa shape index (κ1) is 16.0. The second kappa shape index (κ2) is 7.10. The van der Waals surface area contributed by atoms with Crippen molar-refractivity contribution in [3.63, 3.8) is 0 Å². The minimum Gasteiger partial charge on any atom is -0.356 e. The van der Waals surface area contributed by atoms with Gasteiger partial charge in [-0.25, -0.2) is 4.98 Å². The van der Waals surface area contributed by atoms with Gasteiger partial charge in [0.15, 0.2) is 11.1 Å². The van der Waals surface area contributed by atoms with Crippen molar-refractivity contribution in [2.45, 2.75) is 25.8 Å². The van der Waals surface area contributed by atoms with E-state index in [1.807, 2.05) is 14.0 Å². The zero-order valence-electron chi connectivity index (χ0n) is 13.8. The number of thiazole rings is 1. The van der Waals surface area contributed by atoms with Gasteiger partial charge in [0.1, 0.15) is 0 Å². The molecule has 3 N–H and O–H groups in total.